The molecule has 0 aliphatic heterocycles. The van der Waals surface area contributed by atoms with E-state index in [1.54, 1.807) is 0 Å². The maximum absolute atomic E-state index is 12.0. The Bertz CT molecular complexity index is 616. The molecule has 0 bridgehead atoms. The molecule has 1 heterocycles. The van der Waals surface area contributed by atoms with E-state index in [1.807, 2.05) is 0 Å². The Hall–Kier alpha value is -2.18. The Morgan fingerprint density at radius 2 is 2.00 bits per heavy atom. The van der Waals surface area contributed by atoms with E-state index >= 15 is 0 Å². The summed E-state index contributed by atoms with van der Waals surface area (Å²) in [7, 11) is 1.52. The van der Waals surface area contributed by atoms with E-state index < -0.39 is 12.3 Å². The van der Waals surface area contributed by atoms with Gasteiger partial charge in [0.1, 0.15) is 11.4 Å². The summed E-state index contributed by atoms with van der Waals surface area (Å²) in [5, 5.41) is 9.26. The quantitative estimate of drug-likeness (QED) is 0.902. The van der Waals surface area contributed by atoms with E-state index in [-0.39, 0.29) is 11.4 Å². The zero-order chi connectivity index (χ0) is 13.5. The number of hydrogen-bond donors (Lipinski definition) is 1. The van der Waals surface area contributed by atoms with E-state index in [9.17, 15) is 18.0 Å². The van der Waals surface area contributed by atoms with E-state index in [2.05, 4.69) is 4.74 Å². The van der Waals surface area contributed by atoms with Crippen LogP contribution in [0.15, 0.2) is 24.3 Å². The van der Waals surface area contributed by atoms with Crippen LogP contribution in [0.4, 0.5) is 13.2 Å². The molecule has 0 aliphatic carbocycles. The molecule has 7 heteroatoms. The van der Waals surface area contributed by atoms with Gasteiger partial charge >= 0.3 is 12.3 Å². The van der Waals surface area contributed by atoms with Gasteiger partial charge in [-0.25, -0.2) is 4.79 Å². The lowest BCUT2D eigenvalue weighted by Gasteiger charge is -2.08. The third-order valence-electron chi connectivity index (χ3n) is 2.47. The maximum Gasteiger partial charge on any atom is 0.573 e. The highest BCUT2D eigenvalue weighted by Crippen LogP contribution is 2.28. The van der Waals surface area contributed by atoms with Gasteiger partial charge in [-0.05, 0) is 24.3 Å². The van der Waals surface area contributed by atoms with Crippen LogP contribution in [0.1, 0.15) is 10.5 Å². The zero-order valence-electron chi connectivity index (χ0n) is 9.15. The predicted molar refractivity (Wildman–Crippen MR) is 56.6 cm³/mol. The van der Waals surface area contributed by atoms with E-state index in [1.165, 1.54) is 23.7 Å². The van der Waals surface area contributed by atoms with Crippen molar-refractivity contribution < 1.29 is 27.8 Å². The largest absolute Gasteiger partial charge is 0.573 e. The van der Waals surface area contributed by atoms with Crippen LogP contribution >= 0.6 is 0 Å². The highest BCUT2D eigenvalue weighted by atomic mass is 19.4. The van der Waals surface area contributed by atoms with Crippen molar-refractivity contribution in [3.05, 3.63) is 30.0 Å². The highest BCUT2D eigenvalue weighted by Gasteiger charge is 2.31. The van der Waals surface area contributed by atoms with Gasteiger partial charge in [0.05, 0.1) is 0 Å². The van der Waals surface area contributed by atoms with Crippen LogP contribution in [0.5, 0.6) is 5.75 Å². The van der Waals surface area contributed by atoms with E-state index in [0.717, 1.165) is 12.1 Å². The minimum atomic E-state index is -4.77. The van der Waals surface area contributed by atoms with Crippen molar-refractivity contribution in [3.8, 4) is 5.75 Å². The van der Waals surface area contributed by atoms with Crippen LogP contribution < -0.4 is 4.74 Å². The van der Waals surface area contributed by atoms with Gasteiger partial charge < -0.3 is 14.4 Å². The second kappa shape index (κ2) is 3.94. The molecule has 0 aliphatic rings. The minimum Gasteiger partial charge on any atom is -0.477 e. The lowest BCUT2D eigenvalue weighted by molar-refractivity contribution is -0.274. The van der Waals surface area contributed by atoms with Crippen molar-refractivity contribution in [3.63, 3.8) is 0 Å². The van der Waals surface area contributed by atoms with Gasteiger partial charge in [0, 0.05) is 18.0 Å². The lowest BCUT2D eigenvalue weighted by atomic mass is 10.2. The van der Waals surface area contributed by atoms with Crippen LogP contribution in [0.3, 0.4) is 0 Å². The first kappa shape index (κ1) is 12.3. The first-order valence-electron chi connectivity index (χ1n) is 4.86. The van der Waals surface area contributed by atoms with Gasteiger partial charge in [0.25, 0.3) is 0 Å². The van der Waals surface area contributed by atoms with Gasteiger partial charge in [0.2, 0.25) is 0 Å². The van der Waals surface area contributed by atoms with Crippen LogP contribution in [-0.2, 0) is 7.05 Å². The number of halogens is 3. The Labute approximate surface area is 99.2 Å². The monoisotopic (exact) mass is 259 g/mol. The molecule has 0 spiro atoms. The number of carboxylic acid groups (broad SMARTS) is 1. The molecule has 0 radical (unpaired) electrons. The summed E-state index contributed by atoms with van der Waals surface area (Å²) in [4.78, 5) is 10.9. The predicted octanol–water partition coefficient (Wildman–Crippen LogP) is 2.78. The van der Waals surface area contributed by atoms with Crippen molar-refractivity contribution in [2.45, 2.75) is 6.36 Å². The Balaban J connectivity index is 2.49. The molecule has 1 aromatic heterocycles. The molecular formula is C11H8F3NO3. The topological polar surface area (TPSA) is 51.5 Å². The van der Waals surface area contributed by atoms with Gasteiger partial charge in [-0.15, -0.1) is 13.2 Å². The summed E-state index contributed by atoms with van der Waals surface area (Å²) in [6, 6.07) is 4.96. The van der Waals surface area contributed by atoms with Crippen molar-refractivity contribution >= 4 is 16.9 Å². The Morgan fingerprint density at radius 1 is 1.33 bits per heavy atom. The number of aryl methyl sites for hydroxylation is 1. The molecule has 0 amide bonds. The number of aromatic nitrogens is 1. The first-order valence-corrected chi connectivity index (χ1v) is 4.86. The van der Waals surface area contributed by atoms with Gasteiger partial charge in [-0.1, -0.05) is 0 Å². The summed E-state index contributed by atoms with van der Waals surface area (Å²) >= 11 is 0. The fourth-order valence-corrected chi connectivity index (χ4v) is 1.73. The van der Waals surface area contributed by atoms with Gasteiger partial charge in [0.15, 0.2) is 0 Å². The fourth-order valence-electron chi connectivity index (χ4n) is 1.73. The fraction of sp³-hybridized carbons (Fsp3) is 0.182. The molecule has 2 aromatic rings. The van der Waals surface area contributed by atoms with Crippen LogP contribution in [0, 0.1) is 0 Å². The molecule has 0 unspecified atom stereocenters. The standard InChI is InChI=1S/C11H8F3NO3/c1-15-8-3-2-7(18-11(12,13)14)4-6(8)5-9(15)10(16)17/h2-5H,1H3,(H,16,17). The summed E-state index contributed by atoms with van der Waals surface area (Å²) in [5.74, 6) is -1.52. The van der Waals surface area contributed by atoms with Crippen LogP contribution in [0.25, 0.3) is 10.9 Å². The van der Waals surface area contributed by atoms with Crippen molar-refractivity contribution in [2.75, 3.05) is 0 Å². The number of hydrogen-bond acceptors (Lipinski definition) is 2. The lowest BCUT2D eigenvalue weighted by Crippen LogP contribution is -2.16. The number of alkyl halides is 3. The molecule has 96 valence electrons. The number of carbonyl (C=O) groups is 1. The summed E-state index contributed by atoms with van der Waals surface area (Å²) in [5.41, 5.74) is 0.510. The molecule has 0 saturated heterocycles. The molecular weight excluding hydrogens is 251 g/mol. The van der Waals surface area contributed by atoms with Crippen LogP contribution in [-0.4, -0.2) is 22.0 Å². The molecule has 1 N–H and O–H groups in total. The van der Waals surface area contributed by atoms with Crippen molar-refractivity contribution in [2.24, 2.45) is 7.05 Å². The number of benzene rings is 1. The first-order chi connectivity index (χ1) is 8.28. The van der Waals surface area contributed by atoms with Crippen molar-refractivity contribution in [1.29, 1.82) is 0 Å². The number of fused-ring (bicyclic) bond motifs is 1. The number of nitrogens with zero attached hydrogens (tertiary/aromatic N) is 1. The van der Waals surface area contributed by atoms with E-state index in [4.69, 9.17) is 5.11 Å². The summed E-state index contributed by atoms with van der Waals surface area (Å²) in [6.07, 6.45) is -4.77. The summed E-state index contributed by atoms with van der Waals surface area (Å²) in [6.45, 7) is 0. The molecule has 0 atom stereocenters. The third kappa shape index (κ3) is 2.24. The molecule has 4 nitrogen and oxygen atoms in total. The van der Waals surface area contributed by atoms with Gasteiger partial charge in [-0.2, -0.15) is 0 Å². The second-order valence-corrected chi connectivity index (χ2v) is 3.66. The molecule has 2 rings (SSSR count). The van der Waals surface area contributed by atoms with E-state index in [0.29, 0.717) is 10.9 Å². The van der Waals surface area contributed by atoms with Crippen molar-refractivity contribution in [1.82, 2.24) is 4.57 Å². The maximum atomic E-state index is 12.0. The number of carboxylic acids is 1. The second-order valence-electron chi connectivity index (χ2n) is 3.66. The third-order valence-corrected chi connectivity index (χ3v) is 2.47. The zero-order valence-corrected chi connectivity index (χ0v) is 9.15. The van der Waals surface area contributed by atoms with Gasteiger partial charge in [-0.3, -0.25) is 0 Å². The summed E-state index contributed by atoms with van der Waals surface area (Å²) < 4.78 is 41.2. The molecule has 0 saturated carbocycles. The molecule has 18 heavy (non-hydrogen) atoms. The molecule has 1 aromatic carbocycles. The smallest absolute Gasteiger partial charge is 0.477 e. The Kier molecular flexibility index (Phi) is 2.68. The number of ether oxygens (including phenoxy) is 1. The minimum absolute atomic E-state index is 0.00541. The Morgan fingerprint density at radius 3 is 2.56 bits per heavy atom. The SMILES string of the molecule is Cn1c(C(=O)O)cc2cc(OC(F)(F)F)ccc21. The number of rotatable bonds is 2. The average Bonchev–Trinajstić information content (AvgIpc) is 2.53. The normalized spacial score (nSPS) is 11.8. The highest BCUT2D eigenvalue weighted by molar-refractivity contribution is 5.95. The molecule has 0 fully saturated rings. The number of aromatic carboxylic acids is 1. The van der Waals surface area contributed by atoms with Crippen LogP contribution in [0.2, 0.25) is 0 Å². The average molecular weight is 259 g/mol.